The Labute approximate surface area is 120 Å². The van der Waals surface area contributed by atoms with Crippen LogP contribution in [0.4, 0.5) is 5.69 Å². The summed E-state index contributed by atoms with van der Waals surface area (Å²) >= 11 is 0. The Kier molecular flexibility index (Phi) is 3.64. The molecule has 0 radical (unpaired) electrons. The van der Waals surface area contributed by atoms with Crippen LogP contribution in [0.1, 0.15) is 29.9 Å². The highest BCUT2D eigenvalue weighted by Crippen LogP contribution is 2.39. The van der Waals surface area contributed by atoms with Gasteiger partial charge in [-0.1, -0.05) is 36.4 Å². The Hall–Kier alpha value is -1.96. The van der Waals surface area contributed by atoms with E-state index in [9.17, 15) is 0 Å². The van der Waals surface area contributed by atoms with E-state index in [1.807, 2.05) is 6.07 Å². The molecule has 0 aromatic heterocycles. The van der Waals surface area contributed by atoms with Crippen molar-refractivity contribution in [2.45, 2.75) is 31.7 Å². The zero-order chi connectivity index (χ0) is 13.9. The van der Waals surface area contributed by atoms with E-state index in [0.29, 0.717) is 12.0 Å². The van der Waals surface area contributed by atoms with Crippen LogP contribution in [0.2, 0.25) is 0 Å². The maximum absolute atomic E-state index is 5.42. The molecule has 2 aromatic rings. The molecule has 0 atom stereocenters. The summed E-state index contributed by atoms with van der Waals surface area (Å²) in [7, 11) is 1.73. The minimum absolute atomic E-state index is 0.552. The van der Waals surface area contributed by atoms with Gasteiger partial charge in [-0.05, 0) is 48.9 Å². The summed E-state index contributed by atoms with van der Waals surface area (Å²) in [5.74, 6) is 1.63. The monoisotopic (exact) mass is 267 g/mol. The standard InChI is InChI=1S/C18H21NO/c1-13-8-9-18(20-2)17(10-13)19-16-11-15(12-16)14-6-4-3-5-7-14/h3-10,15-16,19H,11-12H2,1-2H3. The van der Waals surface area contributed by atoms with E-state index < -0.39 is 0 Å². The van der Waals surface area contributed by atoms with Crippen molar-refractivity contribution in [2.75, 3.05) is 12.4 Å². The first kappa shape index (κ1) is 13.0. The van der Waals surface area contributed by atoms with E-state index in [-0.39, 0.29) is 0 Å². The molecule has 3 rings (SSSR count). The summed E-state index contributed by atoms with van der Waals surface area (Å²) in [5.41, 5.74) is 3.83. The molecule has 0 saturated heterocycles. The van der Waals surface area contributed by atoms with Gasteiger partial charge in [0.15, 0.2) is 0 Å². The van der Waals surface area contributed by atoms with Gasteiger partial charge in [0, 0.05) is 6.04 Å². The lowest BCUT2D eigenvalue weighted by atomic mass is 9.76. The molecule has 2 aromatic carbocycles. The van der Waals surface area contributed by atoms with E-state index in [2.05, 4.69) is 54.7 Å². The van der Waals surface area contributed by atoms with Gasteiger partial charge in [-0.3, -0.25) is 0 Å². The summed E-state index contributed by atoms with van der Waals surface area (Å²) in [6, 6.07) is 17.6. The Morgan fingerprint density at radius 2 is 1.80 bits per heavy atom. The Balaban J connectivity index is 1.63. The largest absolute Gasteiger partial charge is 0.495 e. The third-order valence-corrected chi connectivity index (χ3v) is 4.12. The number of anilines is 1. The lowest BCUT2D eigenvalue weighted by molar-refractivity contribution is 0.370. The fourth-order valence-electron chi connectivity index (χ4n) is 2.89. The number of benzene rings is 2. The molecule has 2 heteroatoms. The lowest BCUT2D eigenvalue weighted by Crippen LogP contribution is -2.34. The highest BCUT2D eigenvalue weighted by Gasteiger charge is 2.30. The molecule has 20 heavy (non-hydrogen) atoms. The molecule has 1 N–H and O–H groups in total. The third-order valence-electron chi connectivity index (χ3n) is 4.12. The van der Waals surface area contributed by atoms with E-state index in [1.54, 1.807) is 7.11 Å². The molecule has 0 aliphatic heterocycles. The van der Waals surface area contributed by atoms with Crippen LogP contribution in [0.3, 0.4) is 0 Å². The minimum atomic E-state index is 0.552. The fourth-order valence-corrected chi connectivity index (χ4v) is 2.89. The van der Waals surface area contributed by atoms with Gasteiger partial charge in [-0.15, -0.1) is 0 Å². The maximum atomic E-state index is 5.42. The first-order chi connectivity index (χ1) is 9.76. The lowest BCUT2D eigenvalue weighted by Gasteiger charge is -2.37. The predicted octanol–water partition coefficient (Wildman–Crippen LogP) is 4.36. The van der Waals surface area contributed by atoms with Crippen molar-refractivity contribution in [1.29, 1.82) is 0 Å². The number of methoxy groups -OCH3 is 1. The van der Waals surface area contributed by atoms with Crippen LogP contribution >= 0.6 is 0 Å². The number of nitrogens with one attached hydrogen (secondary N) is 1. The second-order valence-electron chi connectivity index (χ2n) is 5.62. The van der Waals surface area contributed by atoms with Crippen molar-refractivity contribution in [3.8, 4) is 5.75 Å². The van der Waals surface area contributed by atoms with Crippen molar-refractivity contribution in [2.24, 2.45) is 0 Å². The summed E-state index contributed by atoms with van der Waals surface area (Å²) in [6.07, 6.45) is 2.39. The SMILES string of the molecule is COc1ccc(C)cc1NC1CC(c2ccccc2)C1. The number of hydrogen-bond acceptors (Lipinski definition) is 2. The topological polar surface area (TPSA) is 21.3 Å². The summed E-state index contributed by atoms with van der Waals surface area (Å²) in [4.78, 5) is 0. The average molecular weight is 267 g/mol. The van der Waals surface area contributed by atoms with Crippen molar-refractivity contribution in [3.05, 3.63) is 59.7 Å². The highest BCUT2D eigenvalue weighted by molar-refractivity contribution is 5.59. The van der Waals surface area contributed by atoms with Gasteiger partial charge in [0.1, 0.15) is 5.75 Å². The van der Waals surface area contributed by atoms with Crippen molar-refractivity contribution in [1.82, 2.24) is 0 Å². The van der Waals surface area contributed by atoms with E-state index in [1.165, 1.54) is 24.0 Å². The average Bonchev–Trinajstić information content (AvgIpc) is 2.43. The fraction of sp³-hybridized carbons (Fsp3) is 0.333. The van der Waals surface area contributed by atoms with Crippen LogP contribution < -0.4 is 10.1 Å². The van der Waals surface area contributed by atoms with Gasteiger partial charge < -0.3 is 10.1 Å². The smallest absolute Gasteiger partial charge is 0.141 e. The molecular weight excluding hydrogens is 246 g/mol. The summed E-state index contributed by atoms with van der Waals surface area (Å²) < 4.78 is 5.42. The maximum Gasteiger partial charge on any atom is 0.141 e. The normalized spacial score (nSPS) is 21.1. The van der Waals surface area contributed by atoms with Gasteiger partial charge in [-0.2, -0.15) is 0 Å². The minimum Gasteiger partial charge on any atom is -0.495 e. The number of rotatable bonds is 4. The van der Waals surface area contributed by atoms with Gasteiger partial charge in [0.2, 0.25) is 0 Å². The zero-order valence-corrected chi connectivity index (χ0v) is 12.1. The quantitative estimate of drug-likeness (QED) is 0.888. The molecular formula is C18H21NO. The molecule has 0 unspecified atom stereocenters. The van der Waals surface area contributed by atoms with Crippen LogP contribution in [0.15, 0.2) is 48.5 Å². The third kappa shape index (κ3) is 2.64. The predicted molar refractivity (Wildman–Crippen MR) is 83.6 cm³/mol. The van der Waals surface area contributed by atoms with Crippen LogP contribution in [-0.2, 0) is 0 Å². The van der Waals surface area contributed by atoms with Crippen LogP contribution in [0.25, 0.3) is 0 Å². The Bertz CT molecular complexity index is 573. The van der Waals surface area contributed by atoms with Gasteiger partial charge in [0.25, 0.3) is 0 Å². The van der Waals surface area contributed by atoms with Gasteiger partial charge in [-0.25, -0.2) is 0 Å². The van der Waals surface area contributed by atoms with Crippen molar-refractivity contribution in [3.63, 3.8) is 0 Å². The van der Waals surface area contributed by atoms with Crippen LogP contribution in [0.5, 0.6) is 5.75 Å². The second kappa shape index (κ2) is 5.58. The number of hydrogen-bond donors (Lipinski definition) is 1. The Morgan fingerprint density at radius 3 is 2.50 bits per heavy atom. The molecule has 1 fully saturated rings. The van der Waals surface area contributed by atoms with E-state index >= 15 is 0 Å². The summed E-state index contributed by atoms with van der Waals surface area (Å²) in [6.45, 7) is 2.11. The molecule has 0 spiro atoms. The summed E-state index contributed by atoms with van der Waals surface area (Å²) in [5, 5.41) is 3.61. The Morgan fingerprint density at radius 1 is 1.05 bits per heavy atom. The van der Waals surface area contributed by atoms with Gasteiger partial charge in [0.05, 0.1) is 12.8 Å². The first-order valence-corrected chi connectivity index (χ1v) is 7.22. The molecule has 0 bridgehead atoms. The van der Waals surface area contributed by atoms with Gasteiger partial charge >= 0.3 is 0 Å². The number of ether oxygens (including phenoxy) is 1. The molecule has 2 nitrogen and oxygen atoms in total. The van der Waals surface area contributed by atoms with Crippen LogP contribution in [0, 0.1) is 6.92 Å². The first-order valence-electron chi connectivity index (χ1n) is 7.22. The molecule has 1 aliphatic rings. The molecule has 1 aliphatic carbocycles. The molecule has 0 heterocycles. The van der Waals surface area contributed by atoms with E-state index in [0.717, 1.165) is 11.4 Å². The van der Waals surface area contributed by atoms with Crippen molar-refractivity contribution < 1.29 is 4.74 Å². The molecule has 1 saturated carbocycles. The van der Waals surface area contributed by atoms with Crippen molar-refractivity contribution >= 4 is 5.69 Å². The second-order valence-corrected chi connectivity index (χ2v) is 5.62. The number of aryl methyl sites for hydroxylation is 1. The molecule has 0 amide bonds. The van der Waals surface area contributed by atoms with E-state index in [4.69, 9.17) is 4.74 Å². The molecule has 104 valence electrons. The zero-order valence-electron chi connectivity index (χ0n) is 12.1. The highest BCUT2D eigenvalue weighted by atomic mass is 16.5. The van der Waals surface area contributed by atoms with Crippen LogP contribution in [-0.4, -0.2) is 13.2 Å².